The quantitative estimate of drug-likeness (QED) is 0.278. The van der Waals surface area contributed by atoms with Crippen molar-refractivity contribution in [1.82, 2.24) is 30.4 Å². The number of halogens is 1. The maximum Gasteiger partial charge on any atom is 0.237 e. The maximum atomic E-state index is 12.7. The fourth-order valence-corrected chi connectivity index (χ4v) is 5.28. The number of likely N-dealkylation sites (N-methyl/N-ethyl adjacent to an activating group) is 1. The summed E-state index contributed by atoms with van der Waals surface area (Å²) in [5.41, 5.74) is 8.74. The van der Waals surface area contributed by atoms with Crippen molar-refractivity contribution in [2.45, 2.75) is 57.7 Å². The summed E-state index contributed by atoms with van der Waals surface area (Å²) in [6, 6.07) is 17.6. The average Bonchev–Trinajstić information content (AvgIpc) is 3.31. The number of ether oxygens (including phenoxy) is 1. The Morgan fingerprint density at radius 2 is 1.67 bits per heavy atom. The number of nitrogen functional groups attached to an aromatic ring is 1. The summed E-state index contributed by atoms with van der Waals surface area (Å²) in [5, 5.41) is 12.1. The third-order valence-corrected chi connectivity index (χ3v) is 7.27. The van der Waals surface area contributed by atoms with Gasteiger partial charge < -0.3 is 21.1 Å². The Morgan fingerprint density at radius 1 is 1.00 bits per heavy atom. The Bertz CT molecular complexity index is 1380. The van der Waals surface area contributed by atoms with Crippen LogP contribution < -0.4 is 21.1 Å². The van der Waals surface area contributed by atoms with Gasteiger partial charge >= 0.3 is 0 Å². The highest BCUT2D eigenvalue weighted by molar-refractivity contribution is 5.98. The van der Waals surface area contributed by atoms with E-state index in [9.17, 15) is 4.79 Å². The van der Waals surface area contributed by atoms with Crippen molar-refractivity contribution < 1.29 is 9.53 Å². The molecule has 0 saturated heterocycles. The van der Waals surface area contributed by atoms with Gasteiger partial charge in [-0.05, 0) is 75.0 Å². The van der Waals surface area contributed by atoms with Gasteiger partial charge in [-0.3, -0.25) is 4.79 Å². The van der Waals surface area contributed by atoms with Gasteiger partial charge in [-0.15, -0.1) is 12.4 Å². The lowest BCUT2D eigenvalue weighted by molar-refractivity contribution is -0.125. The van der Waals surface area contributed by atoms with Crippen LogP contribution in [0.4, 0.5) is 5.82 Å². The number of benzene rings is 2. The molecule has 206 valence electrons. The van der Waals surface area contributed by atoms with E-state index in [1.807, 2.05) is 66.3 Å². The van der Waals surface area contributed by atoms with Crippen LogP contribution in [-0.2, 0) is 4.79 Å². The van der Waals surface area contributed by atoms with Crippen molar-refractivity contribution in [3.63, 3.8) is 0 Å². The summed E-state index contributed by atoms with van der Waals surface area (Å²) in [6.07, 6.45) is 5.04. The second-order valence-corrected chi connectivity index (χ2v) is 10.2. The van der Waals surface area contributed by atoms with Crippen LogP contribution in [0, 0.1) is 5.92 Å². The van der Waals surface area contributed by atoms with Gasteiger partial charge in [0.2, 0.25) is 5.91 Å². The summed E-state index contributed by atoms with van der Waals surface area (Å²) < 4.78 is 7.94. The molecule has 1 atom stereocenters. The average molecular weight is 550 g/mol. The minimum atomic E-state index is -0.186. The molecule has 4 aromatic rings. The standard InChI is InChI=1S/C29H35N7O2.ClH/c1-18(2)25(31-3)29(37)34-20-11-13-21(14-12-20)36-28-24(27(30)32-17-33-28)26(35-36)19-9-15-23(16-10-19)38-22-7-5-4-6-8-22;/h4-10,15-18,20-21,25,31H,11-14H2,1-3H3,(H,34,37)(H2,30,32,33);1H/t20?,21?,25-;/m1./s1. The zero-order chi connectivity index (χ0) is 26.6. The highest BCUT2D eigenvalue weighted by atomic mass is 35.5. The molecule has 9 nitrogen and oxygen atoms in total. The van der Waals surface area contributed by atoms with E-state index in [1.165, 1.54) is 6.33 Å². The number of nitrogens with two attached hydrogens (primary N) is 1. The van der Waals surface area contributed by atoms with E-state index < -0.39 is 0 Å². The molecule has 4 N–H and O–H groups in total. The number of carbonyl (C=O) groups excluding carboxylic acids is 1. The number of rotatable bonds is 8. The first-order valence-corrected chi connectivity index (χ1v) is 13.2. The first-order valence-electron chi connectivity index (χ1n) is 13.2. The molecule has 10 heteroatoms. The Morgan fingerprint density at radius 3 is 2.31 bits per heavy atom. The molecule has 1 fully saturated rings. The molecule has 0 radical (unpaired) electrons. The number of nitrogens with one attached hydrogen (secondary N) is 2. The van der Waals surface area contributed by atoms with Crippen LogP contribution in [0.25, 0.3) is 22.3 Å². The Labute approximate surface area is 235 Å². The van der Waals surface area contributed by atoms with Crippen molar-refractivity contribution in [2.24, 2.45) is 5.92 Å². The van der Waals surface area contributed by atoms with Crippen molar-refractivity contribution in [2.75, 3.05) is 12.8 Å². The van der Waals surface area contributed by atoms with Crippen molar-refractivity contribution >= 4 is 35.2 Å². The van der Waals surface area contributed by atoms with Gasteiger partial charge in [0.25, 0.3) is 0 Å². The van der Waals surface area contributed by atoms with Gasteiger partial charge in [-0.2, -0.15) is 5.10 Å². The van der Waals surface area contributed by atoms with Crippen LogP contribution in [0.1, 0.15) is 45.6 Å². The molecule has 2 aromatic heterocycles. The van der Waals surface area contributed by atoms with Crippen molar-refractivity contribution in [1.29, 1.82) is 0 Å². The minimum absolute atomic E-state index is 0. The lowest BCUT2D eigenvalue weighted by Gasteiger charge is -2.31. The molecule has 2 heterocycles. The van der Waals surface area contributed by atoms with Crippen molar-refractivity contribution in [3.05, 3.63) is 60.9 Å². The van der Waals surface area contributed by atoms with Crippen LogP contribution in [0.2, 0.25) is 0 Å². The molecule has 1 saturated carbocycles. The Hall–Kier alpha value is -3.69. The monoisotopic (exact) mass is 549 g/mol. The number of amides is 1. The molecule has 39 heavy (non-hydrogen) atoms. The summed E-state index contributed by atoms with van der Waals surface area (Å²) >= 11 is 0. The normalized spacial score (nSPS) is 17.9. The molecule has 0 aliphatic heterocycles. The van der Waals surface area contributed by atoms with E-state index in [1.54, 1.807) is 0 Å². The predicted octanol–water partition coefficient (Wildman–Crippen LogP) is 5.13. The van der Waals surface area contributed by atoms with E-state index in [4.69, 9.17) is 15.6 Å². The summed E-state index contributed by atoms with van der Waals surface area (Å²) in [6.45, 7) is 4.10. The fraction of sp³-hybridized carbons (Fsp3) is 0.379. The third-order valence-electron chi connectivity index (χ3n) is 7.27. The largest absolute Gasteiger partial charge is 0.457 e. The first-order chi connectivity index (χ1) is 18.4. The smallest absolute Gasteiger partial charge is 0.237 e. The number of hydrogen-bond acceptors (Lipinski definition) is 7. The maximum absolute atomic E-state index is 12.7. The number of anilines is 1. The van der Waals surface area contributed by atoms with E-state index in [0.717, 1.165) is 59.5 Å². The Balaban J connectivity index is 0.00000353. The molecular weight excluding hydrogens is 514 g/mol. The molecule has 1 aliphatic rings. The molecular formula is C29H36ClN7O2. The zero-order valence-corrected chi connectivity index (χ0v) is 23.3. The number of aromatic nitrogens is 4. The Kier molecular flexibility index (Phi) is 9.04. The zero-order valence-electron chi connectivity index (χ0n) is 22.5. The van der Waals surface area contributed by atoms with Crippen LogP contribution in [0.3, 0.4) is 0 Å². The topological polar surface area (TPSA) is 120 Å². The van der Waals surface area contributed by atoms with Crippen LogP contribution in [-0.4, -0.2) is 44.8 Å². The van der Waals surface area contributed by atoms with Gasteiger partial charge in [0.1, 0.15) is 29.3 Å². The molecule has 1 aliphatic carbocycles. The third kappa shape index (κ3) is 6.15. The lowest BCUT2D eigenvalue weighted by Crippen LogP contribution is -2.50. The van der Waals surface area contributed by atoms with Crippen molar-refractivity contribution in [3.8, 4) is 22.8 Å². The molecule has 0 bridgehead atoms. The number of hydrogen-bond donors (Lipinski definition) is 3. The van der Waals surface area contributed by atoms with E-state index in [0.29, 0.717) is 5.82 Å². The summed E-state index contributed by atoms with van der Waals surface area (Å²) in [5.74, 6) is 2.23. The number of para-hydroxylation sites is 1. The molecule has 1 amide bonds. The van der Waals surface area contributed by atoms with Crippen LogP contribution >= 0.6 is 12.4 Å². The molecule has 5 rings (SSSR count). The summed E-state index contributed by atoms with van der Waals surface area (Å²) in [4.78, 5) is 21.5. The van der Waals surface area contributed by atoms with Gasteiger partial charge in [0.15, 0.2) is 5.65 Å². The number of fused-ring (bicyclic) bond motifs is 1. The van der Waals surface area contributed by atoms with Crippen LogP contribution in [0.5, 0.6) is 11.5 Å². The van der Waals surface area contributed by atoms with Crippen LogP contribution in [0.15, 0.2) is 60.9 Å². The predicted molar refractivity (Wildman–Crippen MR) is 156 cm³/mol. The molecule has 2 aromatic carbocycles. The second kappa shape index (κ2) is 12.4. The molecule has 0 unspecified atom stereocenters. The summed E-state index contributed by atoms with van der Waals surface area (Å²) in [7, 11) is 1.83. The van der Waals surface area contributed by atoms with E-state index >= 15 is 0 Å². The van der Waals surface area contributed by atoms with E-state index in [-0.39, 0.29) is 42.4 Å². The second-order valence-electron chi connectivity index (χ2n) is 10.2. The fourth-order valence-electron chi connectivity index (χ4n) is 5.28. The van der Waals surface area contributed by atoms with Gasteiger partial charge in [-0.25, -0.2) is 14.6 Å². The lowest BCUT2D eigenvalue weighted by atomic mass is 9.90. The minimum Gasteiger partial charge on any atom is -0.457 e. The van der Waals surface area contributed by atoms with Gasteiger partial charge in [-0.1, -0.05) is 32.0 Å². The van der Waals surface area contributed by atoms with Gasteiger partial charge in [0, 0.05) is 11.6 Å². The number of carbonyl (C=O) groups is 1. The SMILES string of the molecule is CN[C@@H](C(=O)NC1CCC(n2nc(-c3ccc(Oc4ccccc4)cc3)c3c(N)ncnc32)CC1)C(C)C.Cl. The highest BCUT2D eigenvalue weighted by Gasteiger charge is 2.29. The molecule has 0 spiro atoms. The van der Waals surface area contributed by atoms with E-state index in [2.05, 4.69) is 34.4 Å². The number of nitrogens with zero attached hydrogens (tertiary/aromatic N) is 4. The highest BCUT2D eigenvalue weighted by Crippen LogP contribution is 2.36. The first kappa shape index (κ1) is 28.3. The van der Waals surface area contributed by atoms with Gasteiger partial charge in [0.05, 0.1) is 17.5 Å².